The van der Waals surface area contributed by atoms with Crippen molar-refractivity contribution in [3.8, 4) is 5.75 Å². The van der Waals surface area contributed by atoms with Crippen molar-refractivity contribution in [3.63, 3.8) is 0 Å². The number of hydrogen-bond acceptors (Lipinski definition) is 3. The molecule has 1 saturated heterocycles. The van der Waals surface area contributed by atoms with Crippen molar-refractivity contribution in [2.24, 2.45) is 0 Å². The van der Waals surface area contributed by atoms with E-state index in [1.165, 1.54) is 0 Å². The first-order valence-corrected chi connectivity index (χ1v) is 7.12. The molecular formula is C16H23NO3. The van der Waals surface area contributed by atoms with E-state index in [1.807, 2.05) is 31.2 Å². The SMILES string of the molecule is Cc1cccc(OC(C)C(=O)N2CCCC(C)(O)C2)c1. The molecule has 1 amide bonds. The first-order chi connectivity index (χ1) is 9.37. The number of hydrogen-bond donors (Lipinski definition) is 1. The molecule has 1 fully saturated rings. The molecule has 1 heterocycles. The zero-order chi connectivity index (χ0) is 14.8. The molecule has 1 aliphatic rings. The lowest BCUT2D eigenvalue weighted by atomic mass is 9.95. The second-order valence-corrected chi connectivity index (χ2v) is 5.94. The van der Waals surface area contributed by atoms with Gasteiger partial charge >= 0.3 is 0 Å². The highest BCUT2D eigenvalue weighted by atomic mass is 16.5. The minimum atomic E-state index is -0.781. The van der Waals surface area contributed by atoms with E-state index in [-0.39, 0.29) is 5.91 Å². The topological polar surface area (TPSA) is 49.8 Å². The molecule has 110 valence electrons. The highest BCUT2D eigenvalue weighted by molar-refractivity contribution is 5.81. The van der Waals surface area contributed by atoms with Crippen molar-refractivity contribution >= 4 is 5.91 Å². The van der Waals surface area contributed by atoms with Gasteiger partial charge in [0.15, 0.2) is 6.10 Å². The van der Waals surface area contributed by atoms with Crippen LogP contribution in [0, 0.1) is 6.92 Å². The fourth-order valence-electron chi connectivity index (χ4n) is 2.61. The van der Waals surface area contributed by atoms with Crippen LogP contribution in [-0.4, -0.2) is 40.7 Å². The molecule has 2 rings (SSSR count). The van der Waals surface area contributed by atoms with Crippen LogP contribution >= 0.6 is 0 Å². The highest BCUT2D eigenvalue weighted by Gasteiger charge is 2.33. The molecule has 0 aliphatic carbocycles. The van der Waals surface area contributed by atoms with Crippen molar-refractivity contribution in [1.29, 1.82) is 0 Å². The Kier molecular flexibility index (Phi) is 4.33. The molecular weight excluding hydrogens is 254 g/mol. The third-order valence-electron chi connectivity index (χ3n) is 3.64. The van der Waals surface area contributed by atoms with Gasteiger partial charge in [-0.3, -0.25) is 4.79 Å². The number of piperidine rings is 1. The Morgan fingerprint density at radius 2 is 2.25 bits per heavy atom. The highest BCUT2D eigenvalue weighted by Crippen LogP contribution is 2.22. The number of amides is 1. The van der Waals surface area contributed by atoms with E-state index in [1.54, 1.807) is 18.7 Å². The summed E-state index contributed by atoms with van der Waals surface area (Å²) >= 11 is 0. The molecule has 0 spiro atoms. The first-order valence-electron chi connectivity index (χ1n) is 7.12. The Morgan fingerprint density at radius 1 is 1.50 bits per heavy atom. The molecule has 0 saturated carbocycles. The number of benzene rings is 1. The van der Waals surface area contributed by atoms with Crippen LogP contribution in [-0.2, 0) is 4.79 Å². The molecule has 1 N–H and O–H groups in total. The molecule has 0 radical (unpaired) electrons. The van der Waals surface area contributed by atoms with Gasteiger partial charge in [0.1, 0.15) is 5.75 Å². The van der Waals surface area contributed by atoms with Crippen LogP contribution < -0.4 is 4.74 Å². The summed E-state index contributed by atoms with van der Waals surface area (Å²) in [4.78, 5) is 14.1. The van der Waals surface area contributed by atoms with Crippen LogP contribution in [0.1, 0.15) is 32.3 Å². The Balaban J connectivity index is 1.98. The maximum absolute atomic E-state index is 12.4. The minimum Gasteiger partial charge on any atom is -0.481 e. The number of β-amino-alcohol motifs (C(OH)–C–C–N with tert-alkyl or cyclic N) is 1. The number of carbonyl (C=O) groups excluding carboxylic acids is 1. The van der Waals surface area contributed by atoms with Crippen LogP contribution in [0.2, 0.25) is 0 Å². The van der Waals surface area contributed by atoms with Crippen LogP contribution in [0.3, 0.4) is 0 Å². The number of aliphatic hydroxyl groups is 1. The maximum atomic E-state index is 12.4. The molecule has 0 bridgehead atoms. The minimum absolute atomic E-state index is 0.0634. The third-order valence-corrected chi connectivity index (χ3v) is 3.64. The Hall–Kier alpha value is -1.55. The fraction of sp³-hybridized carbons (Fsp3) is 0.562. The lowest BCUT2D eigenvalue weighted by molar-refractivity contribution is -0.144. The van der Waals surface area contributed by atoms with Gasteiger partial charge in [0.05, 0.1) is 5.60 Å². The summed E-state index contributed by atoms with van der Waals surface area (Å²) in [7, 11) is 0. The summed E-state index contributed by atoms with van der Waals surface area (Å²) in [5.74, 6) is 0.640. The molecule has 1 aromatic rings. The maximum Gasteiger partial charge on any atom is 0.263 e. The number of carbonyl (C=O) groups is 1. The molecule has 1 aromatic carbocycles. The average Bonchev–Trinajstić information content (AvgIpc) is 2.36. The average molecular weight is 277 g/mol. The van der Waals surface area contributed by atoms with Gasteiger partial charge in [0, 0.05) is 13.1 Å². The predicted octanol–water partition coefficient (Wildman–Crippen LogP) is 2.14. The molecule has 4 nitrogen and oxygen atoms in total. The summed E-state index contributed by atoms with van der Waals surface area (Å²) in [5, 5.41) is 10.1. The van der Waals surface area contributed by atoms with Crippen LogP contribution in [0.5, 0.6) is 5.75 Å². The zero-order valence-corrected chi connectivity index (χ0v) is 12.4. The summed E-state index contributed by atoms with van der Waals surface area (Å²) in [6.45, 7) is 6.59. The van der Waals surface area contributed by atoms with Gasteiger partial charge < -0.3 is 14.7 Å². The summed E-state index contributed by atoms with van der Waals surface area (Å²) in [6.07, 6.45) is 1.03. The van der Waals surface area contributed by atoms with E-state index in [2.05, 4.69) is 0 Å². The standard InChI is InChI=1S/C16H23NO3/c1-12-6-4-7-14(10-12)20-13(2)15(18)17-9-5-8-16(3,19)11-17/h4,6-7,10,13,19H,5,8-9,11H2,1-3H3. The first kappa shape index (κ1) is 14.9. The van der Waals surface area contributed by atoms with E-state index in [9.17, 15) is 9.90 Å². The van der Waals surface area contributed by atoms with E-state index in [0.717, 1.165) is 18.4 Å². The van der Waals surface area contributed by atoms with Gasteiger partial charge in [-0.25, -0.2) is 0 Å². The number of likely N-dealkylation sites (tertiary alicyclic amines) is 1. The largest absolute Gasteiger partial charge is 0.481 e. The molecule has 2 unspecified atom stereocenters. The lowest BCUT2D eigenvalue weighted by Crippen LogP contribution is -2.51. The second kappa shape index (κ2) is 5.83. The van der Waals surface area contributed by atoms with E-state index in [4.69, 9.17) is 4.74 Å². The van der Waals surface area contributed by atoms with Crippen molar-refractivity contribution < 1.29 is 14.6 Å². The predicted molar refractivity (Wildman–Crippen MR) is 77.7 cm³/mol. The molecule has 4 heteroatoms. The monoisotopic (exact) mass is 277 g/mol. The number of nitrogens with zero attached hydrogens (tertiary/aromatic N) is 1. The molecule has 1 aliphatic heterocycles. The molecule has 0 aromatic heterocycles. The van der Waals surface area contributed by atoms with Crippen LogP contribution in [0.25, 0.3) is 0 Å². The van der Waals surface area contributed by atoms with Gasteiger partial charge in [-0.05, 0) is 51.3 Å². The fourth-order valence-corrected chi connectivity index (χ4v) is 2.61. The number of aryl methyl sites for hydroxylation is 1. The normalized spacial score (nSPS) is 24.3. The van der Waals surface area contributed by atoms with E-state index >= 15 is 0 Å². The van der Waals surface area contributed by atoms with Crippen LogP contribution in [0.15, 0.2) is 24.3 Å². The van der Waals surface area contributed by atoms with E-state index in [0.29, 0.717) is 18.8 Å². The molecule has 20 heavy (non-hydrogen) atoms. The Bertz CT molecular complexity index is 484. The van der Waals surface area contributed by atoms with Crippen molar-refractivity contribution in [2.75, 3.05) is 13.1 Å². The smallest absolute Gasteiger partial charge is 0.263 e. The lowest BCUT2D eigenvalue weighted by Gasteiger charge is -2.37. The van der Waals surface area contributed by atoms with E-state index < -0.39 is 11.7 Å². The summed E-state index contributed by atoms with van der Waals surface area (Å²) in [6, 6.07) is 7.66. The summed E-state index contributed by atoms with van der Waals surface area (Å²) < 4.78 is 5.71. The van der Waals surface area contributed by atoms with Crippen LogP contribution in [0.4, 0.5) is 0 Å². The Morgan fingerprint density at radius 3 is 2.90 bits per heavy atom. The summed E-state index contributed by atoms with van der Waals surface area (Å²) in [5.41, 5.74) is 0.319. The third kappa shape index (κ3) is 3.73. The van der Waals surface area contributed by atoms with Gasteiger partial charge in [-0.15, -0.1) is 0 Å². The Labute approximate surface area is 120 Å². The van der Waals surface area contributed by atoms with Crippen molar-refractivity contribution in [2.45, 2.75) is 45.3 Å². The molecule has 2 atom stereocenters. The van der Waals surface area contributed by atoms with Gasteiger partial charge in [-0.2, -0.15) is 0 Å². The second-order valence-electron chi connectivity index (χ2n) is 5.94. The van der Waals surface area contributed by atoms with Crippen molar-refractivity contribution in [3.05, 3.63) is 29.8 Å². The van der Waals surface area contributed by atoms with Gasteiger partial charge in [0.2, 0.25) is 0 Å². The number of ether oxygens (including phenoxy) is 1. The van der Waals surface area contributed by atoms with Crippen molar-refractivity contribution in [1.82, 2.24) is 4.90 Å². The number of rotatable bonds is 3. The van der Waals surface area contributed by atoms with Gasteiger partial charge in [-0.1, -0.05) is 12.1 Å². The zero-order valence-electron chi connectivity index (χ0n) is 12.4. The van der Waals surface area contributed by atoms with Gasteiger partial charge in [0.25, 0.3) is 5.91 Å². The quantitative estimate of drug-likeness (QED) is 0.921.